The smallest absolute Gasteiger partial charge is 0.235 e. The molecule has 1 aromatic rings. The van der Waals surface area contributed by atoms with E-state index in [1.54, 1.807) is 6.20 Å². The van der Waals surface area contributed by atoms with Gasteiger partial charge in [-0.1, -0.05) is 0 Å². The first-order valence-corrected chi connectivity index (χ1v) is 9.04. The lowest BCUT2D eigenvalue weighted by Crippen LogP contribution is -2.38. The average molecular weight is 343 g/mol. The minimum Gasteiger partial charge on any atom is -0.378 e. The Morgan fingerprint density at radius 2 is 2.13 bits per heavy atom. The van der Waals surface area contributed by atoms with Gasteiger partial charge < -0.3 is 15.0 Å². The fraction of sp³-hybridized carbons (Fsp3) is 0.615. The fourth-order valence-corrected chi connectivity index (χ4v) is 2.35. The number of amides is 1. The zero-order valence-corrected chi connectivity index (χ0v) is 14.0. The Morgan fingerprint density at radius 3 is 2.78 bits per heavy atom. The molecule has 0 aromatic carbocycles. The predicted octanol–water partition coefficient (Wildman–Crippen LogP) is -1.18. The Hall–Kier alpha value is -1.78. The topological polar surface area (TPSA) is 105 Å². The Morgan fingerprint density at radius 1 is 1.43 bits per heavy atom. The van der Waals surface area contributed by atoms with Crippen LogP contribution in [0.3, 0.4) is 0 Å². The first-order valence-electron chi connectivity index (χ1n) is 7.19. The van der Waals surface area contributed by atoms with Crippen LogP contribution in [0.25, 0.3) is 0 Å². The molecule has 2 heterocycles. The summed E-state index contributed by atoms with van der Waals surface area (Å²) in [5, 5.41) is 2.62. The van der Waals surface area contributed by atoms with Crippen molar-refractivity contribution in [1.82, 2.24) is 19.6 Å². The summed E-state index contributed by atoms with van der Waals surface area (Å²) in [4.78, 5) is 22.4. The second-order valence-corrected chi connectivity index (χ2v) is 7.32. The molecule has 10 heteroatoms. The SMILES string of the molecule is CN(CC(=O)NCc1nccc(N2CCOCC2)n1)S(C)(=O)=O. The van der Waals surface area contributed by atoms with Gasteiger partial charge in [-0.05, 0) is 6.07 Å². The molecule has 9 nitrogen and oxygen atoms in total. The number of rotatable bonds is 6. The standard InChI is InChI=1S/C13H21N5O4S/c1-17(23(2,20)21)10-13(19)15-9-11-14-4-3-12(16-11)18-5-7-22-8-6-18/h3-4H,5-10H2,1-2H3,(H,15,19). The molecule has 1 amide bonds. The van der Waals surface area contributed by atoms with Crippen LogP contribution < -0.4 is 10.2 Å². The molecule has 1 aromatic heterocycles. The zero-order valence-electron chi connectivity index (χ0n) is 13.2. The normalized spacial score (nSPS) is 15.7. The molecule has 1 N–H and O–H groups in total. The monoisotopic (exact) mass is 343 g/mol. The molecule has 1 aliphatic heterocycles. The van der Waals surface area contributed by atoms with Crippen molar-refractivity contribution in [3.8, 4) is 0 Å². The van der Waals surface area contributed by atoms with Crippen molar-refractivity contribution < 1.29 is 17.9 Å². The Balaban J connectivity index is 1.89. The van der Waals surface area contributed by atoms with Gasteiger partial charge in [-0.25, -0.2) is 18.4 Å². The van der Waals surface area contributed by atoms with Gasteiger partial charge in [-0.15, -0.1) is 0 Å². The molecule has 0 saturated carbocycles. The molecular formula is C13H21N5O4S. The van der Waals surface area contributed by atoms with Crippen molar-refractivity contribution in [1.29, 1.82) is 0 Å². The summed E-state index contributed by atoms with van der Waals surface area (Å²) in [6, 6.07) is 1.81. The van der Waals surface area contributed by atoms with Gasteiger partial charge >= 0.3 is 0 Å². The van der Waals surface area contributed by atoms with E-state index in [4.69, 9.17) is 4.74 Å². The summed E-state index contributed by atoms with van der Waals surface area (Å²) in [7, 11) is -2.03. The van der Waals surface area contributed by atoms with E-state index in [2.05, 4.69) is 20.2 Å². The van der Waals surface area contributed by atoms with E-state index in [1.165, 1.54) is 7.05 Å². The van der Waals surface area contributed by atoms with Gasteiger partial charge in [0.05, 0.1) is 32.6 Å². The van der Waals surface area contributed by atoms with E-state index < -0.39 is 15.9 Å². The molecule has 2 rings (SSSR count). The van der Waals surface area contributed by atoms with Crippen molar-refractivity contribution in [3.63, 3.8) is 0 Å². The van der Waals surface area contributed by atoms with Crippen LogP contribution in [0.15, 0.2) is 12.3 Å². The number of sulfonamides is 1. The molecule has 23 heavy (non-hydrogen) atoms. The number of morpholine rings is 1. The summed E-state index contributed by atoms with van der Waals surface area (Å²) < 4.78 is 28.8. The number of carbonyl (C=O) groups excluding carboxylic acids is 1. The molecule has 1 aliphatic rings. The highest BCUT2D eigenvalue weighted by molar-refractivity contribution is 7.88. The van der Waals surface area contributed by atoms with Crippen LogP contribution in [0.1, 0.15) is 5.82 Å². The number of carbonyl (C=O) groups is 1. The van der Waals surface area contributed by atoms with Gasteiger partial charge in [-0.2, -0.15) is 4.31 Å². The Kier molecular flexibility index (Phi) is 5.85. The quantitative estimate of drug-likeness (QED) is 0.693. The molecule has 0 radical (unpaired) electrons. The molecule has 0 aliphatic carbocycles. The van der Waals surface area contributed by atoms with Gasteiger partial charge in [0.25, 0.3) is 0 Å². The summed E-state index contributed by atoms with van der Waals surface area (Å²) in [5.74, 6) is 0.864. The number of hydrogen-bond acceptors (Lipinski definition) is 7. The third-order valence-electron chi connectivity index (χ3n) is 3.40. The molecule has 1 fully saturated rings. The highest BCUT2D eigenvalue weighted by Crippen LogP contribution is 2.11. The second-order valence-electron chi connectivity index (χ2n) is 5.23. The van der Waals surface area contributed by atoms with Crippen LogP contribution in [-0.2, 0) is 26.1 Å². The van der Waals surface area contributed by atoms with Crippen LogP contribution in [0, 0.1) is 0 Å². The van der Waals surface area contributed by atoms with Crippen LogP contribution in [0.4, 0.5) is 5.82 Å². The average Bonchev–Trinajstić information content (AvgIpc) is 2.53. The molecule has 0 unspecified atom stereocenters. The van der Waals surface area contributed by atoms with Crippen LogP contribution in [0.2, 0.25) is 0 Å². The maximum atomic E-state index is 11.8. The summed E-state index contributed by atoms with van der Waals surface area (Å²) in [6.07, 6.45) is 2.69. The van der Waals surface area contributed by atoms with E-state index in [1.807, 2.05) is 6.07 Å². The van der Waals surface area contributed by atoms with Gasteiger partial charge in [0.2, 0.25) is 15.9 Å². The maximum Gasteiger partial charge on any atom is 0.235 e. The number of likely N-dealkylation sites (N-methyl/N-ethyl adjacent to an activating group) is 1. The lowest BCUT2D eigenvalue weighted by atomic mass is 10.4. The molecule has 0 atom stereocenters. The molecule has 1 saturated heterocycles. The third-order valence-corrected chi connectivity index (χ3v) is 4.66. The lowest BCUT2D eigenvalue weighted by molar-refractivity contribution is -0.121. The van der Waals surface area contributed by atoms with E-state index in [9.17, 15) is 13.2 Å². The highest BCUT2D eigenvalue weighted by atomic mass is 32.2. The van der Waals surface area contributed by atoms with Crippen LogP contribution in [-0.4, -0.2) is 74.7 Å². The van der Waals surface area contributed by atoms with E-state index in [0.717, 1.165) is 29.5 Å². The van der Waals surface area contributed by atoms with E-state index in [0.29, 0.717) is 19.0 Å². The lowest BCUT2D eigenvalue weighted by Gasteiger charge is -2.27. The molecular weight excluding hydrogens is 322 g/mol. The molecule has 128 valence electrons. The Labute approximate surface area is 135 Å². The van der Waals surface area contributed by atoms with Crippen molar-refractivity contribution >= 4 is 21.7 Å². The van der Waals surface area contributed by atoms with E-state index in [-0.39, 0.29) is 13.1 Å². The van der Waals surface area contributed by atoms with Crippen molar-refractivity contribution in [2.75, 3.05) is 51.1 Å². The molecule has 0 spiro atoms. The summed E-state index contributed by atoms with van der Waals surface area (Å²) in [5.41, 5.74) is 0. The number of nitrogens with zero attached hydrogens (tertiary/aromatic N) is 4. The fourth-order valence-electron chi connectivity index (χ4n) is 2.00. The van der Waals surface area contributed by atoms with Gasteiger partial charge in [-0.3, -0.25) is 4.79 Å². The minimum absolute atomic E-state index is 0.147. The zero-order chi connectivity index (χ0) is 16.9. The number of hydrogen-bond donors (Lipinski definition) is 1. The number of anilines is 1. The summed E-state index contributed by atoms with van der Waals surface area (Å²) >= 11 is 0. The van der Waals surface area contributed by atoms with Crippen LogP contribution >= 0.6 is 0 Å². The van der Waals surface area contributed by atoms with Crippen LogP contribution in [0.5, 0.6) is 0 Å². The van der Waals surface area contributed by atoms with Crippen molar-refractivity contribution in [2.45, 2.75) is 6.54 Å². The number of aromatic nitrogens is 2. The number of ether oxygens (including phenoxy) is 1. The highest BCUT2D eigenvalue weighted by Gasteiger charge is 2.16. The van der Waals surface area contributed by atoms with E-state index >= 15 is 0 Å². The first kappa shape index (κ1) is 17.6. The van der Waals surface area contributed by atoms with Gasteiger partial charge in [0.15, 0.2) is 0 Å². The number of nitrogens with one attached hydrogen (secondary N) is 1. The van der Waals surface area contributed by atoms with Gasteiger partial charge in [0, 0.05) is 26.3 Å². The third kappa shape index (κ3) is 5.41. The molecule has 0 bridgehead atoms. The first-order chi connectivity index (χ1) is 10.9. The summed E-state index contributed by atoms with van der Waals surface area (Å²) in [6.45, 7) is 2.77. The van der Waals surface area contributed by atoms with Crippen molar-refractivity contribution in [2.24, 2.45) is 0 Å². The van der Waals surface area contributed by atoms with Crippen molar-refractivity contribution in [3.05, 3.63) is 18.1 Å². The predicted molar refractivity (Wildman–Crippen MR) is 84.4 cm³/mol. The Bertz CT molecular complexity index is 646. The maximum absolute atomic E-state index is 11.8. The second kappa shape index (κ2) is 7.66. The largest absolute Gasteiger partial charge is 0.378 e. The van der Waals surface area contributed by atoms with Gasteiger partial charge in [0.1, 0.15) is 11.6 Å². The minimum atomic E-state index is -3.38.